The number of methoxy groups -OCH3 is 1. The molecule has 106 valence electrons. The number of nitrogens with zero attached hydrogens (tertiary/aromatic N) is 3. The lowest BCUT2D eigenvalue weighted by Crippen LogP contribution is -2.50. The van der Waals surface area contributed by atoms with Gasteiger partial charge in [-0.25, -0.2) is 0 Å². The number of amides is 1. The van der Waals surface area contributed by atoms with E-state index in [9.17, 15) is 4.79 Å². The van der Waals surface area contributed by atoms with Crippen molar-refractivity contribution in [2.75, 3.05) is 40.0 Å². The van der Waals surface area contributed by atoms with E-state index < -0.39 is 0 Å². The van der Waals surface area contributed by atoms with Gasteiger partial charge in [-0.3, -0.25) is 9.79 Å². The van der Waals surface area contributed by atoms with Gasteiger partial charge in [0.15, 0.2) is 0 Å². The second-order valence-electron chi connectivity index (χ2n) is 5.03. The van der Waals surface area contributed by atoms with Crippen LogP contribution < -0.4 is 5.32 Å². The molecule has 2 aliphatic heterocycles. The van der Waals surface area contributed by atoms with Crippen molar-refractivity contribution in [2.45, 2.75) is 13.8 Å². The SMILES string of the molecule is COC1=C(N2CCN(C(=O)C(C)C)CC2)C=NCN1. The Morgan fingerprint density at radius 2 is 2.05 bits per heavy atom. The summed E-state index contributed by atoms with van der Waals surface area (Å²) >= 11 is 0. The summed E-state index contributed by atoms with van der Waals surface area (Å²) in [6.07, 6.45) is 1.84. The number of ether oxygens (including phenoxy) is 1. The molecule has 1 amide bonds. The van der Waals surface area contributed by atoms with Crippen LogP contribution in [0.2, 0.25) is 0 Å². The van der Waals surface area contributed by atoms with Crippen LogP contribution in [0.1, 0.15) is 13.8 Å². The average molecular weight is 266 g/mol. The van der Waals surface area contributed by atoms with Gasteiger partial charge in [0, 0.05) is 32.1 Å². The molecule has 0 aliphatic carbocycles. The number of allylic oxidation sites excluding steroid dienone is 1. The molecule has 0 aromatic heterocycles. The highest BCUT2D eigenvalue weighted by molar-refractivity contribution is 5.80. The molecule has 6 heteroatoms. The van der Waals surface area contributed by atoms with Crippen molar-refractivity contribution in [2.24, 2.45) is 10.9 Å². The van der Waals surface area contributed by atoms with Gasteiger partial charge >= 0.3 is 0 Å². The Kier molecular flexibility index (Phi) is 4.29. The fraction of sp³-hybridized carbons (Fsp3) is 0.692. The summed E-state index contributed by atoms with van der Waals surface area (Å²) in [6.45, 7) is 7.58. The highest BCUT2D eigenvalue weighted by Crippen LogP contribution is 2.15. The first-order chi connectivity index (χ1) is 9.13. The average Bonchev–Trinajstić information content (AvgIpc) is 2.46. The molecule has 2 heterocycles. The Balaban J connectivity index is 1.98. The van der Waals surface area contributed by atoms with Gasteiger partial charge in [-0.1, -0.05) is 13.8 Å². The monoisotopic (exact) mass is 266 g/mol. The van der Waals surface area contributed by atoms with Crippen LogP contribution in [0.5, 0.6) is 0 Å². The first kappa shape index (κ1) is 13.7. The molecule has 2 aliphatic rings. The molecular formula is C13H22N4O2. The minimum Gasteiger partial charge on any atom is -0.481 e. The molecule has 6 nitrogen and oxygen atoms in total. The van der Waals surface area contributed by atoms with Gasteiger partial charge in [0.2, 0.25) is 11.8 Å². The van der Waals surface area contributed by atoms with Crippen LogP contribution in [0, 0.1) is 5.92 Å². The molecule has 0 radical (unpaired) electrons. The molecule has 2 rings (SSSR count). The van der Waals surface area contributed by atoms with Crippen molar-refractivity contribution in [3.8, 4) is 0 Å². The maximum Gasteiger partial charge on any atom is 0.225 e. The van der Waals surface area contributed by atoms with Crippen LogP contribution >= 0.6 is 0 Å². The van der Waals surface area contributed by atoms with Crippen molar-refractivity contribution in [1.82, 2.24) is 15.1 Å². The van der Waals surface area contributed by atoms with E-state index in [1.807, 2.05) is 25.0 Å². The maximum atomic E-state index is 11.9. The van der Waals surface area contributed by atoms with E-state index in [4.69, 9.17) is 4.74 Å². The summed E-state index contributed by atoms with van der Waals surface area (Å²) in [7, 11) is 1.65. The Bertz CT molecular complexity index is 395. The van der Waals surface area contributed by atoms with Crippen molar-refractivity contribution in [3.63, 3.8) is 0 Å². The van der Waals surface area contributed by atoms with Crippen LogP contribution in [0.4, 0.5) is 0 Å². The zero-order chi connectivity index (χ0) is 13.8. The number of hydrogen-bond acceptors (Lipinski definition) is 5. The molecule has 1 N–H and O–H groups in total. The fourth-order valence-electron chi connectivity index (χ4n) is 2.33. The van der Waals surface area contributed by atoms with Crippen molar-refractivity contribution in [1.29, 1.82) is 0 Å². The third-order valence-electron chi connectivity index (χ3n) is 3.41. The summed E-state index contributed by atoms with van der Waals surface area (Å²) in [5.41, 5.74) is 0.977. The Labute approximate surface area is 114 Å². The lowest BCUT2D eigenvalue weighted by atomic mass is 10.1. The van der Waals surface area contributed by atoms with E-state index in [0.717, 1.165) is 37.8 Å². The third-order valence-corrected chi connectivity index (χ3v) is 3.41. The van der Waals surface area contributed by atoms with Crippen molar-refractivity contribution >= 4 is 12.1 Å². The summed E-state index contributed by atoms with van der Waals surface area (Å²) in [5.74, 6) is 1.06. The Hall–Kier alpha value is -1.72. The lowest BCUT2D eigenvalue weighted by molar-refractivity contribution is -0.135. The predicted molar refractivity (Wildman–Crippen MR) is 73.5 cm³/mol. The second-order valence-corrected chi connectivity index (χ2v) is 5.03. The quantitative estimate of drug-likeness (QED) is 0.794. The summed E-state index contributed by atoms with van der Waals surface area (Å²) in [5, 5.41) is 3.11. The second kappa shape index (κ2) is 5.95. The van der Waals surface area contributed by atoms with E-state index in [-0.39, 0.29) is 11.8 Å². The molecule has 19 heavy (non-hydrogen) atoms. The minimum atomic E-state index is 0.0678. The number of carbonyl (C=O) groups excluding carboxylic acids is 1. The van der Waals surface area contributed by atoms with Gasteiger partial charge in [-0.15, -0.1) is 0 Å². The molecule has 0 bridgehead atoms. The highest BCUT2D eigenvalue weighted by atomic mass is 16.5. The first-order valence-electron chi connectivity index (χ1n) is 6.69. The molecule has 0 atom stereocenters. The number of rotatable bonds is 3. The normalized spacial score (nSPS) is 19.8. The Morgan fingerprint density at radius 1 is 1.37 bits per heavy atom. The number of hydrogen-bond donors (Lipinski definition) is 1. The molecule has 0 unspecified atom stereocenters. The van der Waals surface area contributed by atoms with E-state index in [2.05, 4.69) is 15.2 Å². The fourth-order valence-corrected chi connectivity index (χ4v) is 2.33. The van der Waals surface area contributed by atoms with Gasteiger partial charge in [0.1, 0.15) is 12.4 Å². The summed E-state index contributed by atoms with van der Waals surface area (Å²) in [6, 6.07) is 0. The predicted octanol–water partition coefficient (Wildman–Crippen LogP) is 0.234. The summed E-state index contributed by atoms with van der Waals surface area (Å²) in [4.78, 5) is 20.3. The van der Waals surface area contributed by atoms with E-state index in [1.54, 1.807) is 7.11 Å². The topological polar surface area (TPSA) is 57.2 Å². The summed E-state index contributed by atoms with van der Waals surface area (Å²) < 4.78 is 5.32. The first-order valence-corrected chi connectivity index (χ1v) is 6.69. The van der Waals surface area contributed by atoms with Gasteiger partial charge in [-0.2, -0.15) is 0 Å². The zero-order valence-corrected chi connectivity index (χ0v) is 11.8. The van der Waals surface area contributed by atoms with E-state index in [0.29, 0.717) is 6.67 Å². The van der Waals surface area contributed by atoms with Gasteiger partial charge in [0.05, 0.1) is 13.3 Å². The number of piperazine rings is 1. The van der Waals surface area contributed by atoms with E-state index >= 15 is 0 Å². The number of aliphatic imine (C=N–C) groups is 1. The standard InChI is InChI=1S/C13H22N4O2/c1-10(2)13(18)17-6-4-16(5-7-17)11-8-14-9-15-12(11)19-3/h8,10,15H,4-7,9H2,1-3H3. The zero-order valence-electron chi connectivity index (χ0n) is 11.8. The molecule has 1 fully saturated rings. The van der Waals surface area contributed by atoms with Crippen LogP contribution in [-0.4, -0.2) is 61.9 Å². The maximum absolute atomic E-state index is 11.9. The molecule has 0 spiro atoms. The van der Waals surface area contributed by atoms with Crippen LogP contribution in [0.15, 0.2) is 16.6 Å². The minimum absolute atomic E-state index is 0.0678. The van der Waals surface area contributed by atoms with Gasteiger partial charge < -0.3 is 19.9 Å². The molecule has 0 saturated carbocycles. The smallest absolute Gasteiger partial charge is 0.225 e. The van der Waals surface area contributed by atoms with E-state index in [1.165, 1.54) is 0 Å². The number of carbonyl (C=O) groups is 1. The van der Waals surface area contributed by atoms with Gasteiger partial charge in [-0.05, 0) is 0 Å². The highest BCUT2D eigenvalue weighted by Gasteiger charge is 2.25. The largest absolute Gasteiger partial charge is 0.481 e. The van der Waals surface area contributed by atoms with Crippen LogP contribution in [0.25, 0.3) is 0 Å². The lowest BCUT2D eigenvalue weighted by Gasteiger charge is -2.38. The molecule has 0 aromatic carbocycles. The molecule has 1 saturated heterocycles. The molecular weight excluding hydrogens is 244 g/mol. The molecule has 0 aromatic rings. The van der Waals surface area contributed by atoms with Crippen LogP contribution in [0.3, 0.4) is 0 Å². The van der Waals surface area contributed by atoms with Crippen molar-refractivity contribution < 1.29 is 9.53 Å². The number of nitrogens with one attached hydrogen (secondary N) is 1. The van der Waals surface area contributed by atoms with Crippen LogP contribution in [-0.2, 0) is 9.53 Å². The third kappa shape index (κ3) is 3.00. The van der Waals surface area contributed by atoms with Crippen molar-refractivity contribution in [3.05, 3.63) is 11.6 Å². The van der Waals surface area contributed by atoms with Gasteiger partial charge in [0.25, 0.3) is 0 Å². The Morgan fingerprint density at radius 3 is 2.63 bits per heavy atom.